The van der Waals surface area contributed by atoms with Crippen LogP contribution in [0.4, 0.5) is 4.79 Å². The Hall–Kier alpha value is -2.34. The summed E-state index contributed by atoms with van der Waals surface area (Å²) in [5, 5.41) is 4.16. The average Bonchev–Trinajstić information content (AvgIpc) is 2.49. The van der Waals surface area contributed by atoms with Crippen LogP contribution in [0.25, 0.3) is 12.2 Å². The highest BCUT2D eigenvalue weighted by Crippen LogP contribution is 2.08. The van der Waals surface area contributed by atoms with Crippen LogP contribution in [0.1, 0.15) is 45.0 Å². The Morgan fingerprint density at radius 1 is 1.32 bits per heavy atom. The number of carbonyl (C=O) groups is 2. The summed E-state index contributed by atoms with van der Waals surface area (Å²) in [7, 11) is 1.55. The summed E-state index contributed by atoms with van der Waals surface area (Å²) in [5.41, 5.74) is 5.67. The Labute approximate surface area is 148 Å². The van der Waals surface area contributed by atoms with Crippen molar-refractivity contribution >= 4 is 24.0 Å². The van der Waals surface area contributed by atoms with E-state index in [4.69, 9.17) is 15.2 Å². The lowest BCUT2D eigenvalue weighted by molar-refractivity contribution is 0.0520. The van der Waals surface area contributed by atoms with Crippen molar-refractivity contribution in [1.29, 1.82) is 0 Å². The van der Waals surface area contributed by atoms with E-state index in [1.165, 1.54) is 0 Å². The minimum atomic E-state index is -0.631. The Morgan fingerprint density at radius 3 is 2.44 bits per heavy atom. The molecule has 0 spiro atoms. The lowest BCUT2D eigenvalue weighted by atomic mass is 10.1. The number of benzene rings is 1. The number of amides is 1. The van der Waals surface area contributed by atoms with Gasteiger partial charge < -0.3 is 20.5 Å². The third kappa shape index (κ3) is 6.58. The van der Waals surface area contributed by atoms with Crippen LogP contribution < -0.4 is 26.2 Å². The molecule has 0 heterocycles. The molecule has 0 bridgehead atoms. The molecule has 1 unspecified atom stereocenters. The zero-order chi connectivity index (χ0) is 19.2. The molecule has 1 aromatic rings. The SMILES string of the molecule is C/C=c1/c(OC)cc(C(=O)CNC(=O)OC(C)(C)C)c/c1=C/C(C)N. The van der Waals surface area contributed by atoms with E-state index in [-0.39, 0.29) is 18.4 Å². The topological polar surface area (TPSA) is 90.6 Å². The van der Waals surface area contributed by atoms with Crippen molar-refractivity contribution in [1.82, 2.24) is 5.32 Å². The highest BCUT2D eigenvalue weighted by molar-refractivity contribution is 5.99. The number of Topliss-reactive ketones (excluding diaryl/α,β-unsaturated/α-hetero) is 1. The minimum Gasteiger partial charge on any atom is -0.496 e. The van der Waals surface area contributed by atoms with E-state index in [2.05, 4.69) is 5.32 Å². The first kappa shape index (κ1) is 20.7. The molecule has 0 aliphatic heterocycles. The fourth-order valence-corrected chi connectivity index (χ4v) is 2.28. The van der Waals surface area contributed by atoms with E-state index < -0.39 is 11.7 Å². The van der Waals surface area contributed by atoms with Gasteiger partial charge >= 0.3 is 6.09 Å². The summed E-state index contributed by atoms with van der Waals surface area (Å²) in [6, 6.07) is 3.24. The van der Waals surface area contributed by atoms with Crippen molar-refractivity contribution in [2.75, 3.05) is 13.7 Å². The first-order valence-electron chi connectivity index (χ1n) is 8.19. The van der Waals surface area contributed by atoms with E-state index in [1.54, 1.807) is 40.0 Å². The van der Waals surface area contributed by atoms with Gasteiger partial charge in [-0.3, -0.25) is 4.79 Å². The number of rotatable bonds is 5. The average molecular weight is 348 g/mol. The Balaban J connectivity index is 3.09. The van der Waals surface area contributed by atoms with E-state index in [0.717, 1.165) is 10.4 Å². The fourth-order valence-electron chi connectivity index (χ4n) is 2.28. The summed E-state index contributed by atoms with van der Waals surface area (Å²) in [6.45, 7) is 8.86. The third-order valence-electron chi connectivity index (χ3n) is 3.24. The normalized spacial score (nSPS) is 14.2. The number of carbonyl (C=O) groups excluding carboxylic acids is 2. The number of ether oxygens (including phenoxy) is 2. The Kier molecular flexibility index (Phi) is 7.18. The fraction of sp³-hybridized carbons (Fsp3) is 0.474. The monoisotopic (exact) mass is 348 g/mol. The number of methoxy groups -OCH3 is 1. The number of alkyl carbamates (subject to hydrolysis) is 1. The number of hydrogen-bond donors (Lipinski definition) is 2. The van der Waals surface area contributed by atoms with Gasteiger partial charge in [-0.15, -0.1) is 0 Å². The molecule has 3 N–H and O–H groups in total. The molecule has 0 radical (unpaired) electrons. The van der Waals surface area contributed by atoms with E-state index in [9.17, 15) is 9.59 Å². The molecule has 0 aliphatic carbocycles. The summed E-state index contributed by atoms with van der Waals surface area (Å²) >= 11 is 0. The summed E-state index contributed by atoms with van der Waals surface area (Å²) in [4.78, 5) is 24.1. The van der Waals surface area contributed by atoms with Crippen molar-refractivity contribution in [3.05, 3.63) is 28.1 Å². The number of ketones is 1. The van der Waals surface area contributed by atoms with Gasteiger partial charge in [0, 0.05) is 16.8 Å². The molecule has 1 rings (SSSR count). The smallest absolute Gasteiger partial charge is 0.408 e. The van der Waals surface area contributed by atoms with Crippen LogP contribution in [0.15, 0.2) is 12.1 Å². The van der Waals surface area contributed by atoms with Crippen LogP contribution in [0.2, 0.25) is 0 Å². The van der Waals surface area contributed by atoms with Gasteiger partial charge in [0.2, 0.25) is 0 Å². The molecule has 6 heteroatoms. The van der Waals surface area contributed by atoms with Crippen LogP contribution in [0.3, 0.4) is 0 Å². The molecule has 1 aromatic carbocycles. The standard InChI is InChI=1S/C19H28N2O4/c1-7-15-13(8-12(2)20)9-14(10-17(15)24-6)16(22)11-21-18(23)25-19(3,4)5/h7-10,12H,11,20H2,1-6H3,(H,21,23)/b13-8-,15-7+. The van der Waals surface area contributed by atoms with Gasteiger partial charge in [0.25, 0.3) is 0 Å². The third-order valence-corrected chi connectivity index (χ3v) is 3.24. The van der Waals surface area contributed by atoms with Gasteiger partial charge in [0.15, 0.2) is 5.78 Å². The number of nitrogens with two attached hydrogens (primary N) is 1. The molecule has 138 valence electrons. The predicted octanol–water partition coefficient (Wildman–Crippen LogP) is 1.33. The molecule has 0 fully saturated rings. The largest absolute Gasteiger partial charge is 0.496 e. The molecular formula is C19H28N2O4. The predicted molar refractivity (Wildman–Crippen MR) is 99.1 cm³/mol. The summed E-state index contributed by atoms with van der Waals surface area (Å²) < 4.78 is 10.5. The molecule has 0 saturated heterocycles. The summed E-state index contributed by atoms with van der Waals surface area (Å²) in [6.07, 6.45) is 3.13. The van der Waals surface area contributed by atoms with E-state index >= 15 is 0 Å². The van der Waals surface area contributed by atoms with Crippen LogP contribution in [0.5, 0.6) is 5.75 Å². The molecule has 1 atom stereocenters. The van der Waals surface area contributed by atoms with Crippen LogP contribution in [0, 0.1) is 0 Å². The Morgan fingerprint density at radius 2 is 1.96 bits per heavy atom. The first-order chi connectivity index (χ1) is 11.6. The lowest BCUT2D eigenvalue weighted by Gasteiger charge is -2.19. The second kappa shape index (κ2) is 8.67. The molecule has 1 amide bonds. The molecule has 6 nitrogen and oxygen atoms in total. The van der Waals surface area contributed by atoms with Gasteiger partial charge in [0.05, 0.1) is 13.7 Å². The lowest BCUT2D eigenvalue weighted by Crippen LogP contribution is -2.36. The van der Waals surface area contributed by atoms with Gasteiger partial charge in [-0.05, 0) is 52.0 Å². The molecule has 0 aromatic heterocycles. The van der Waals surface area contributed by atoms with Gasteiger partial charge in [-0.1, -0.05) is 12.2 Å². The number of nitrogens with one attached hydrogen (secondary N) is 1. The van der Waals surface area contributed by atoms with E-state index in [0.29, 0.717) is 11.3 Å². The Bertz CT molecular complexity index is 746. The van der Waals surface area contributed by atoms with Gasteiger partial charge in [-0.25, -0.2) is 4.79 Å². The maximum Gasteiger partial charge on any atom is 0.408 e. The molecule has 25 heavy (non-hydrogen) atoms. The van der Waals surface area contributed by atoms with Crippen LogP contribution in [-0.4, -0.2) is 37.2 Å². The molecular weight excluding hydrogens is 320 g/mol. The van der Waals surface area contributed by atoms with Crippen molar-refractivity contribution < 1.29 is 19.1 Å². The second-order valence-electron chi connectivity index (χ2n) is 6.77. The maximum atomic E-state index is 12.4. The highest BCUT2D eigenvalue weighted by atomic mass is 16.6. The zero-order valence-electron chi connectivity index (χ0n) is 15.8. The zero-order valence-corrected chi connectivity index (χ0v) is 15.8. The quantitative estimate of drug-likeness (QED) is 0.784. The van der Waals surface area contributed by atoms with E-state index in [1.807, 2.05) is 26.0 Å². The van der Waals surface area contributed by atoms with Crippen molar-refractivity contribution in [2.24, 2.45) is 5.73 Å². The minimum absolute atomic E-state index is 0.162. The molecule has 0 saturated carbocycles. The maximum absolute atomic E-state index is 12.4. The van der Waals surface area contributed by atoms with Crippen LogP contribution in [-0.2, 0) is 4.74 Å². The number of hydrogen-bond acceptors (Lipinski definition) is 5. The summed E-state index contributed by atoms with van der Waals surface area (Å²) in [5.74, 6) is 0.337. The second-order valence-corrected chi connectivity index (χ2v) is 6.77. The van der Waals surface area contributed by atoms with Crippen molar-refractivity contribution in [2.45, 2.75) is 46.3 Å². The van der Waals surface area contributed by atoms with Gasteiger partial charge in [-0.2, -0.15) is 0 Å². The van der Waals surface area contributed by atoms with Crippen LogP contribution >= 0.6 is 0 Å². The van der Waals surface area contributed by atoms with Crippen molar-refractivity contribution in [3.63, 3.8) is 0 Å². The molecule has 0 aliphatic rings. The first-order valence-corrected chi connectivity index (χ1v) is 8.19. The highest BCUT2D eigenvalue weighted by Gasteiger charge is 2.17. The van der Waals surface area contributed by atoms with Gasteiger partial charge in [0.1, 0.15) is 11.4 Å². The van der Waals surface area contributed by atoms with Crippen molar-refractivity contribution in [3.8, 4) is 5.75 Å².